The Morgan fingerprint density at radius 2 is 0.531 bits per heavy atom. The van der Waals surface area contributed by atoms with E-state index in [9.17, 15) is 0 Å². The molecule has 32 heavy (non-hydrogen) atoms. The van der Waals surface area contributed by atoms with E-state index in [0.717, 1.165) is 26.4 Å². The second kappa shape index (κ2) is 31.2. The summed E-state index contributed by atoms with van der Waals surface area (Å²) in [6.07, 6.45) is 5.11. The average Bonchev–Trinajstić information content (AvgIpc) is 3.32. The van der Waals surface area contributed by atoms with E-state index in [2.05, 4.69) is 92.5 Å². The van der Waals surface area contributed by atoms with E-state index >= 15 is 0 Å². The van der Waals surface area contributed by atoms with Crippen LogP contribution in [0.4, 0.5) is 0 Å². The van der Waals surface area contributed by atoms with Crippen LogP contribution in [0, 0.1) is 0 Å². The molecule has 2 fully saturated rings. The molecule has 0 atom stereocenters. The van der Waals surface area contributed by atoms with Gasteiger partial charge in [-0.2, -0.15) is 0 Å². The van der Waals surface area contributed by atoms with Crippen molar-refractivity contribution in [3.8, 4) is 0 Å². The van der Waals surface area contributed by atoms with Gasteiger partial charge in [-0.25, -0.2) is 0 Å². The smallest absolute Gasteiger partial charge is 0.672 e. The van der Waals surface area contributed by atoms with Crippen molar-refractivity contribution in [2.24, 2.45) is 0 Å². The molecular formula is C20H58N3O2Si6Y. The van der Waals surface area contributed by atoms with Crippen LogP contribution in [-0.4, -0.2) is 80.2 Å². The third-order valence-electron chi connectivity index (χ3n) is 3.44. The molecule has 0 aromatic carbocycles. The van der Waals surface area contributed by atoms with Crippen LogP contribution in [0.5, 0.6) is 0 Å². The van der Waals surface area contributed by atoms with Crippen LogP contribution >= 0.6 is 0 Å². The standard InChI is InChI=1S/3C4H14NSi2.2C4H8O.Y/c3*1-6(2)5-7(3)4;2*1-2-4-5-3-1;/h3*6-7H,1-4H3;2*1-4H2;/q3*-1;;;+3. The Balaban J connectivity index is -0.000000153. The van der Waals surface area contributed by atoms with E-state index < -0.39 is 53.7 Å². The molecule has 2 aliphatic rings. The van der Waals surface area contributed by atoms with Gasteiger partial charge in [-0.3, -0.25) is 0 Å². The fourth-order valence-electron chi connectivity index (χ4n) is 2.81. The molecule has 0 N–H and O–H groups in total. The molecule has 0 spiro atoms. The minimum Gasteiger partial charge on any atom is -0.672 e. The van der Waals surface area contributed by atoms with E-state index in [-0.39, 0.29) is 32.7 Å². The van der Waals surface area contributed by atoms with Gasteiger partial charge >= 0.3 is 32.7 Å². The number of nitrogens with zero attached hydrogens (tertiary/aromatic N) is 3. The number of ether oxygens (including phenoxy) is 2. The van der Waals surface area contributed by atoms with Crippen molar-refractivity contribution >= 4 is 53.7 Å². The van der Waals surface area contributed by atoms with Gasteiger partial charge in [0.2, 0.25) is 0 Å². The zero-order chi connectivity index (χ0) is 24.7. The SMILES string of the molecule is C1CCOC1.C1CCOC1.C[SiH](C)[N-][SiH](C)C.C[SiH](C)[N-][SiH](C)C.C[SiH](C)[N-][SiH](C)C.[Y+3]. The summed E-state index contributed by atoms with van der Waals surface area (Å²) >= 11 is 0. The molecule has 192 valence electrons. The number of hydrogen-bond donors (Lipinski definition) is 0. The topological polar surface area (TPSA) is 60.8 Å². The van der Waals surface area contributed by atoms with E-state index in [0.29, 0.717) is 0 Å². The third-order valence-corrected chi connectivity index (χ3v) is 17.8. The molecule has 0 aromatic rings. The second-order valence-electron chi connectivity index (χ2n) is 9.65. The van der Waals surface area contributed by atoms with Crippen LogP contribution in [0.1, 0.15) is 25.7 Å². The molecule has 0 aliphatic carbocycles. The predicted octanol–water partition coefficient (Wildman–Crippen LogP) is 5.57. The molecule has 2 heterocycles. The molecule has 0 amide bonds. The number of rotatable bonds is 6. The van der Waals surface area contributed by atoms with Gasteiger partial charge in [0.1, 0.15) is 0 Å². The molecule has 0 unspecified atom stereocenters. The Morgan fingerprint density at radius 3 is 0.562 bits per heavy atom. The average molecular weight is 630 g/mol. The van der Waals surface area contributed by atoms with Gasteiger partial charge < -0.3 is 23.4 Å². The quantitative estimate of drug-likeness (QED) is 0.361. The number of hydrogen-bond acceptors (Lipinski definition) is 2. The molecule has 2 rings (SSSR count). The van der Waals surface area contributed by atoms with Crippen molar-refractivity contribution in [3.05, 3.63) is 13.9 Å². The predicted molar refractivity (Wildman–Crippen MR) is 163 cm³/mol. The fourth-order valence-corrected chi connectivity index (χ4v) is 17.1. The van der Waals surface area contributed by atoms with Crippen LogP contribution in [0.15, 0.2) is 0 Å². The third kappa shape index (κ3) is 53.5. The molecule has 0 aromatic heterocycles. The summed E-state index contributed by atoms with van der Waals surface area (Å²) in [7, 11) is -3.25. The maximum atomic E-state index is 4.94. The summed E-state index contributed by atoms with van der Waals surface area (Å²) in [6.45, 7) is 31.2. The van der Waals surface area contributed by atoms with Crippen molar-refractivity contribution in [3.63, 3.8) is 0 Å². The summed E-state index contributed by atoms with van der Waals surface area (Å²) in [5.41, 5.74) is 0. The molecule has 2 saturated heterocycles. The molecule has 0 radical (unpaired) electrons. The minimum absolute atomic E-state index is 0. The molecule has 5 nitrogen and oxygen atoms in total. The molecular weight excluding hydrogens is 572 g/mol. The largest absolute Gasteiger partial charge is 3.00 e. The van der Waals surface area contributed by atoms with E-state index in [1.54, 1.807) is 0 Å². The Bertz CT molecular complexity index is 262. The van der Waals surface area contributed by atoms with Gasteiger partial charge in [0, 0.05) is 26.4 Å². The Kier molecular flexibility index (Phi) is 40.3. The van der Waals surface area contributed by atoms with Crippen molar-refractivity contribution in [1.29, 1.82) is 0 Å². The Morgan fingerprint density at radius 1 is 0.375 bits per heavy atom. The molecule has 2 aliphatic heterocycles. The van der Waals surface area contributed by atoms with Gasteiger partial charge in [-0.1, -0.05) is 132 Å². The normalized spacial score (nSPS) is 14.8. The Labute approximate surface area is 238 Å². The molecule has 0 saturated carbocycles. The first-order chi connectivity index (χ1) is 14.4. The monoisotopic (exact) mass is 629 g/mol. The Hall–Kier alpha value is 2.21. The van der Waals surface area contributed by atoms with Crippen LogP contribution in [0.25, 0.3) is 13.9 Å². The maximum Gasteiger partial charge on any atom is 3.00 e. The summed E-state index contributed by atoms with van der Waals surface area (Å²) in [5, 5.41) is 0. The zero-order valence-electron chi connectivity index (χ0n) is 23.9. The van der Waals surface area contributed by atoms with Gasteiger partial charge in [0.25, 0.3) is 0 Å². The second-order valence-corrected chi connectivity index (χ2v) is 26.4. The summed E-state index contributed by atoms with van der Waals surface area (Å²) < 4.78 is 23.6. The van der Waals surface area contributed by atoms with E-state index in [4.69, 9.17) is 9.47 Å². The van der Waals surface area contributed by atoms with Gasteiger partial charge in [-0.15, -0.1) is 0 Å². The molecule has 0 bridgehead atoms. The van der Waals surface area contributed by atoms with Crippen molar-refractivity contribution in [1.82, 2.24) is 0 Å². The fraction of sp³-hybridized carbons (Fsp3) is 1.00. The van der Waals surface area contributed by atoms with Gasteiger partial charge in [0.05, 0.1) is 0 Å². The van der Waals surface area contributed by atoms with E-state index in [1.807, 2.05) is 0 Å². The summed E-state index contributed by atoms with van der Waals surface area (Å²) in [6, 6.07) is 0. The summed E-state index contributed by atoms with van der Waals surface area (Å²) in [5.74, 6) is 0. The van der Waals surface area contributed by atoms with Gasteiger partial charge in [0.15, 0.2) is 0 Å². The first-order valence-electron chi connectivity index (χ1n) is 12.6. The first kappa shape index (κ1) is 41.3. The maximum absolute atomic E-state index is 4.94. The minimum atomic E-state index is -0.542. The first-order valence-corrected chi connectivity index (χ1v) is 29.6. The van der Waals surface area contributed by atoms with Crippen LogP contribution in [-0.2, 0) is 42.2 Å². The molecule has 12 heteroatoms. The van der Waals surface area contributed by atoms with Crippen LogP contribution < -0.4 is 0 Å². The van der Waals surface area contributed by atoms with Crippen molar-refractivity contribution < 1.29 is 42.2 Å². The summed E-state index contributed by atoms with van der Waals surface area (Å²) in [4.78, 5) is 0. The van der Waals surface area contributed by atoms with Crippen LogP contribution in [0.3, 0.4) is 0 Å². The van der Waals surface area contributed by atoms with Crippen molar-refractivity contribution in [2.45, 2.75) is 104 Å². The van der Waals surface area contributed by atoms with Gasteiger partial charge in [-0.05, 0) is 25.7 Å². The van der Waals surface area contributed by atoms with E-state index in [1.165, 1.54) is 25.7 Å². The van der Waals surface area contributed by atoms with Crippen molar-refractivity contribution in [2.75, 3.05) is 26.4 Å². The van der Waals surface area contributed by atoms with Crippen LogP contribution in [0.2, 0.25) is 78.6 Å². The zero-order valence-corrected chi connectivity index (χ0v) is 33.6.